The van der Waals surface area contributed by atoms with Gasteiger partial charge in [-0.15, -0.1) is 0 Å². The van der Waals surface area contributed by atoms with Crippen LogP contribution < -0.4 is 16.4 Å². The van der Waals surface area contributed by atoms with Gasteiger partial charge in [-0.3, -0.25) is 0 Å². The van der Waals surface area contributed by atoms with Crippen LogP contribution in [-0.2, 0) is 0 Å². The van der Waals surface area contributed by atoms with Gasteiger partial charge < -0.3 is 21.8 Å². The lowest BCUT2D eigenvalue weighted by atomic mass is 10.3. The van der Waals surface area contributed by atoms with Crippen LogP contribution in [-0.4, -0.2) is 30.3 Å². The molecule has 0 aliphatic rings. The Kier molecular flexibility index (Phi) is 2.32. The average Bonchev–Trinajstić information content (AvgIpc) is 2.02. The smallest absolute Gasteiger partial charge is 0.223 e. The highest BCUT2D eigenvalue weighted by Gasteiger charge is 2.10. The van der Waals surface area contributed by atoms with E-state index in [1.165, 1.54) is 0 Å². The highest BCUT2D eigenvalue weighted by atomic mass is 15.2. The Labute approximate surface area is 76.1 Å². The Hall–Kier alpha value is -1.85. The van der Waals surface area contributed by atoms with E-state index in [2.05, 4.69) is 9.97 Å². The van der Waals surface area contributed by atoms with Gasteiger partial charge in [0.25, 0.3) is 0 Å². The van der Waals surface area contributed by atoms with Crippen molar-refractivity contribution in [2.45, 2.75) is 0 Å². The van der Waals surface area contributed by atoms with Gasteiger partial charge in [-0.05, 0) is 0 Å². The summed E-state index contributed by atoms with van der Waals surface area (Å²) in [7, 11) is 3.60. The minimum atomic E-state index is 0.117. The highest BCUT2D eigenvalue weighted by Crippen LogP contribution is 2.19. The highest BCUT2D eigenvalue weighted by molar-refractivity contribution is 5.90. The molecule has 0 amide bonds. The summed E-state index contributed by atoms with van der Waals surface area (Å²) in [6.45, 7) is 0. The van der Waals surface area contributed by atoms with Crippen LogP contribution in [0.4, 0.5) is 17.6 Å². The summed E-state index contributed by atoms with van der Waals surface area (Å²) in [6.07, 6.45) is 1.12. The fourth-order valence-electron chi connectivity index (χ4n) is 0.971. The van der Waals surface area contributed by atoms with E-state index in [1.807, 2.05) is 0 Å². The van der Waals surface area contributed by atoms with Gasteiger partial charge >= 0.3 is 0 Å². The summed E-state index contributed by atoms with van der Waals surface area (Å²) in [5, 5.41) is 7.14. The molecule has 0 aliphatic carbocycles. The maximum Gasteiger partial charge on any atom is 0.223 e. The fraction of sp³-hybridized carbons (Fsp3) is 0.286. The zero-order valence-electron chi connectivity index (χ0n) is 7.57. The van der Waals surface area contributed by atoms with Crippen LogP contribution in [0.25, 0.3) is 0 Å². The molecule has 0 saturated heterocycles. The normalized spacial score (nSPS) is 9.69. The van der Waals surface area contributed by atoms with Gasteiger partial charge in [-0.2, -0.15) is 9.97 Å². The maximum absolute atomic E-state index is 7.14. The summed E-state index contributed by atoms with van der Waals surface area (Å²) < 4.78 is 0. The predicted octanol–water partition coefficient (Wildman–Crippen LogP) is -0.295. The summed E-state index contributed by atoms with van der Waals surface area (Å²) in [5.74, 6) is 0.901. The molecule has 0 radical (unpaired) electrons. The molecule has 0 aliphatic heterocycles. The molecule has 0 fully saturated rings. The lowest BCUT2D eigenvalue weighted by Gasteiger charge is -2.14. The van der Waals surface area contributed by atoms with Crippen LogP contribution in [0.5, 0.6) is 0 Å². The number of aromatic nitrogens is 2. The summed E-state index contributed by atoms with van der Waals surface area (Å²) in [4.78, 5) is 9.45. The monoisotopic (exact) mass is 180 g/mol. The van der Waals surface area contributed by atoms with Gasteiger partial charge in [0.1, 0.15) is 11.6 Å². The van der Waals surface area contributed by atoms with Crippen molar-refractivity contribution in [2.24, 2.45) is 0 Å². The summed E-state index contributed by atoms with van der Waals surface area (Å²) >= 11 is 0. The number of anilines is 3. The van der Waals surface area contributed by atoms with Crippen LogP contribution in [0.2, 0.25) is 0 Å². The third kappa shape index (κ3) is 1.66. The number of nitrogen functional groups attached to an aromatic ring is 2. The zero-order chi connectivity index (χ0) is 10.0. The van der Waals surface area contributed by atoms with Crippen molar-refractivity contribution in [3.8, 4) is 0 Å². The van der Waals surface area contributed by atoms with Gasteiger partial charge in [-0.25, -0.2) is 0 Å². The standard InChI is InChI=1S/C7H12N6/c1-13(2)6-4(3-8)5(9)11-7(10)12-6/h3,8H,1-2H3,(H4,9,10,11,12). The lowest BCUT2D eigenvalue weighted by molar-refractivity contribution is 1.04. The molecule has 0 aromatic carbocycles. The van der Waals surface area contributed by atoms with E-state index in [0.29, 0.717) is 11.4 Å². The van der Waals surface area contributed by atoms with Crippen molar-refractivity contribution in [2.75, 3.05) is 30.5 Å². The maximum atomic E-state index is 7.14. The van der Waals surface area contributed by atoms with Crippen LogP contribution in [0.1, 0.15) is 5.56 Å². The molecule has 1 aromatic rings. The Morgan fingerprint density at radius 2 is 1.92 bits per heavy atom. The third-order valence-electron chi connectivity index (χ3n) is 1.54. The molecular formula is C7H12N6. The first kappa shape index (κ1) is 9.24. The van der Waals surface area contributed by atoms with E-state index in [4.69, 9.17) is 16.9 Å². The molecule has 0 spiro atoms. The topological polar surface area (TPSA) is 105 Å². The van der Waals surface area contributed by atoms with Gasteiger partial charge in [0.05, 0.1) is 5.56 Å². The molecular weight excluding hydrogens is 168 g/mol. The predicted molar refractivity (Wildman–Crippen MR) is 53.1 cm³/mol. The van der Waals surface area contributed by atoms with Gasteiger partial charge in [0.2, 0.25) is 5.95 Å². The molecule has 1 rings (SSSR count). The molecule has 6 nitrogen and oxygen atoms in total. The van der Waals surface area contributed by atoms with Crippen molar-refractivity contribution in [1.82, 2.24) is 9.97 Å². The Morgan fingerprint density at radius 1 is 1.31 bits per heavy atom. The first-order valence-corrected chi connectivity index (χ1v) is 3.67. The van der Waals surface area contributed by atoms with Crippen molar-refractivity contribution in [1.29, 1.82) is 5.41 Å². The molecule has 70 valence electrons. The van der Waals surface area contributed by atoms with Gasteiger partial charge in [0, 0.05) is 20.3 Å². The minimum Gasteiger partial charge on any atom is -0.383 e. The third-order valence-corrected chi connectivity index (χ3v) is 1.54. The largest absolute Gasteiger partial charge is 0.383 e. The molecule has 0 bridgehead atoms. The first-order valence-electron chi connectivity index (χ1n) is 3.67. The lowest BCUT2D eigenvalue weighted by Crippen LogP contribution is -2.16. The van der Waals surface area contributed by atoms with E-state index < -0.39 is 0 Å². The van der Waals surface area contributed by atoms with Crippen molar-refractivity contribution < 1.29 is 0 Å². The fourth-order valence-corrected chi connectivity index (χ4v) is 0.971. The molecule has 0 unspecified atom stereocenters. The molecule has 0 atom stereocenters. The molecule has 6 heteroatoms. The van der Waals surface area contributed by atoms with E-state index in [1.54, 1.807) is 19.0 Å². The van der Waals surface area contributed by atoms with Crippen LogP contribution in [0.15, 0.2) is 0 Å². The second kappa shape index (κ2) is 3.26. The number of hydrogen-bond acceptors (Lipinski definition) is 6. The first-order chi connectivity index (χ1) is 6.06. The van der Waals surface area contributed by atoms with Crippen LogP contribution in [0.3, 0.4) is 0 Å². The molecule has 13 heavy (non-hydrogen) atoms. The van der Waals surface area contributed by atoms with E-state index in [9.17, 15) is 0 Å². The Morgan fingerprint density at radius 3 is 2.38 bits per heavy atom. The number of hydrogen-bond donors (Lipinski definition) is 3. The summed E-state index contributed by atoms with van der Waals surface area (Å²) in [6, 6.07) is 0. The van der Waals surface area contributed by atoms with Crippen LogP contribution >= 0.6 is 0 Å². The van der Waals surface area contributed by atoms with Gasteiger partial charge in [0.15, 0.2) is 0 Å². The molecule has 5 N–H and O–H groups in total. The van der Waals surface area contributed by atoms with E-state index >= 15 is 0 Å². The second-order valence-corrected chi connectivity index (χ2v) is 2.74. The quantitative estimate of drug-likeness (QED) is 0.542. The van der Waals surface area contributed by atoms with E-state index in [0.717, 1.165) is 6.21 Å². The Bertz CT molecular complexity index is 332. The van der Waals surface area contributed by atoms with Crippen LogP contribution in [0, 0.1) is 5.41 Å². The number of nitrogens with one attached hydrogen (secondary N) is 1. The Balaban J connectivity index is 3.38. The summed E-state index contributed by atoms with van der Waals surface area (Å²) in [5.41, 5.74) is 11.5. The SMILES string of the molecule is CN(C)c1nc(N)nc(N)c1C=N. The average molecular weight is 180 g/mol. The zero-order valence-corrected chi connectivity index (χ0v) is 7.57. The molecule has 0 saturated carbocycles. The van der Waals surface area contributed by atoms with Crippen molar-refractivity contribution >= 4 is 23.8 Å². The van der Waals surface area contributed by atoms with Gasteiger partial charge in [-0.1, -0.05) is 0 Å². The van der Waals surface area contributed by atoms with E-state index in [-0.39, 0.29) is 11.8 Å². The van der Waals surface area contributed by atoms with Crippen molar-refractivity contribution in [3.05, 3.63) is 5.56 Å². The number of nitrogens with two attached hydrogens (primary N) is 2. The molecule has 1 heterocycles. The number of rotatable bonds is 2. The second-order valence-electron chi connectivity index (χ2n) is 2.74. The van der Waals surface area contributed by atoms with Crippen molar-refractivity contribution in [3.63, 3.8) is 0 Å². The molecule has 1 aromatic heterocycles. The number of nitrogens with zero attached hydrogens (tertiary/aromatic N) is 3. The minimum absolute atomic E-state index is 0.117.